The van der Waals surface area contributed by atoms with Crippen LogP contribution in [0.5, 0.6) is 5.75 Å². The fourth-order valence-electron chi connectivity index (χ4n) is 1.96. The molecule has 6 nitrogen and oxygen atoms in total. The minimum Gasteiger partial charge on any atom is -0.496 e. The van der Waals surface area contributed by atoms with E-state index in [4.69, 9.17) is 10.5 Å². The number of rotatable bonds is 4. The zero-order chi connectivity index (χ0) is 17.0. The molecule has 0 aliphatic carbocycles. The normalized spacial score (nSPS) is 10.0. The van der Waals surface area contributed by atoms with Crippen LogP contribution in [0.15, 0.2) is 40.9 Å². The molecule has 0 aliphatic rings. The van der Waals surface area contributed by atoms with Gasteiger partial charge in [0.2, 0.25) is 0 Å². The lowest BCUT2D eigenvalue weighted by Crippen LogP contribution is -2.15. The molecule has 0 bridgehead atoms. The van der Waals surface area contributed by atoms with Gasteiger partial charge in [0.15, 0.2) is 0 Å². The molecule has 1 amide bonds. The average molecular weight is 379 g/mol. The second-order valence-corrected chi connectivity index (χ2v) is 5.42. The molecule has 0 unspecified atom stereocenters. The second-order valence-electron chi connectivity index (χ2n) is 4.56. The highest BCUT2D eigenvalue weighted by atomic mass is 79.9. The molecule has 2 aromatic carbocycles. The molecule has 0 saturated carbocycles. The highest BCUT2D eigenvalue weighted by Gasteiger charge is 2.15. The van der Waals surface area contributed by atoms with Crippen LogP contribution in [0.25, 0.3) is 0 Å². The highest BCUT2D eigenvalue weighted by molar-refractivity contribution is 9.10. The standard InChI is InChI=1S/C16H15BrN2O4/c1-22-13-7-6-9(8-11(13)17)15(20)19-12-5-3-4-10(14(12)18)16(21)23-2/h3-8H,18H2,1-2H3,(H,19,20). The third-order valence-corrected chi connectivity index (χ3v) is 3.79. The third-order valence-electron chi connectivity index (χ3n) is 3.17. The number of nitrogens with two attached hydrogens (primary N) is 1. The van der Waals surface area contributed by atoms with Crippen LogP contribution in [0.2, 0.25) is 0 Å². The van der Waals surface area contributed by atoms with Gasteiger partial charge in [-0.15, -0.1) is 0 Å². The van der Waals surface area contributed by atoms with E-state index in [0.29, 0.717) is 21.5 Å². The first-order valence-electron chi connectivity index (χ1n) is 6.59. The summed E-state index contributed by atoms with van der Waals surface area (Å²) in [7, 11) is 2.81. The van der Waals surface area contributed by atoms with Crippen LogP contribution in [-0.4, -0.2) is 26.1 Å². The Balaban J connectivity index is 2.27. The van der Waals surface area contributed by atoms with Crippen LogP contribution in [0.4, 0.5) is 11.4 Å². The van der Waals surface area contributed by atoms with Crippen molar-refractivity contribution in [2.45, 2.75) is 0 Å². The first-order valence-corrected chi connectivity index (χ1v) is 7.39. The summed E-state index contributed by atoms with van der Waals surface area (Å²) in [5.41, 5.74) is 7.02. The van der Waals surface area contributed by atoms with Gasteiger partial charge in [-0.3, -0.25) is 4.79 Å². The van der Waals surface area contributed by atoms with E-state index >= 15 is 0 Å². The summed E-state index contributed by atoms with van der Waals surface area (Å²) in [6.07, 6.45) is 0. The van der Waals surface area contributed by atoms with E-state index < -0.39 is 5.97 Å². The van der Waals surface area contributed by atoms with E-state index in [2.05, 4.69) is 26.0 Å². The topological polar surface area (TPSA) is 90.6 Å². The summed E-state index contributed by atoms with van der Waals surface area (Å²) in [5, 5.41) is 2.68. The van der Waals surface area contributed by atoms with Gasteiger partial charge in [-0.25, -0.2) is 4.79 Å². The number of nitrogens with one attached hydrogen (secondary N) is 1. The lowest BCUT2D eigenvalue weighted by molar-refractivity contribution is 0.0601. The van der Waals surface area contributed by atoms with Crippen molar-refractivity contribution in [3.63, 3.8) is 0 Å². The van der Waals surface area contributed by atoms with Gasteiger partial charge in [0.25, 0.3) is 5.91 Å². The van der Waals surface area contributed by atoms with Gasteiger partial charge >= 0.3 is 5.97 Å². The Morgan fingerprint density at radius 2 is 1.91 bits per heavy atom. The molecule has 2 aromatic rings. The Labute approximate surface area is 141 Å². The zero-order valence-corrected chi connectivity index (χ0v) is 14.1. The van der Waals surface area contributed by atoms with Gasteiger partial charge < -0.3 is 20.5 Å². The molecular formula is C16H15BrN2O4. The number of anilines is 2. The van der Waals surface area contributed by atoms with Gasteiger partial charge in [-0.1, -0.05) is 6.07 Å². The molecule has 0 saturated heterocycles. The molecule has 0 heterocycles. The predicted molar refractivity (Wildman–Crippen MR) is 90.8 cm³/mol. The third kappa shape index (κ3) is 3.62. The number of methoxy groups -OCH3 is 2. The Morgan fingerprint density at radius 1 is 1.17 bits per heavy atom. The molecule has 3 N–H and O–H groups in total. The fraction of sp³-hybridized carbons (Fsp3) is 0.125. The van der Waals surface area contributed by atoms with Crippen molar-refractivity contribution in [2.75, 3.05) is 25.3 Å². The molecule has 120 valence electrons. The van der Waals surface area contributed by atoms with E-state index in [1.165, 1.54) is 13.2 Å². The molecule has 0 aromatic heterocycles. The first kappa shape index (κ1) is 16.8. The van der Waals surface area contributed by atoms with Crippen molar-refractivity contribution in [1.82, 2.24) is 0 Å². The van der Waals surface area contributed by atoms with E-state index in [9.17, 15) is 9.59 Å². The quantitative estimate of drug-likeness (QED) is 0.630. The minimum atomic E-state index is -0.564. The lowest BCUT2D eigenvalue weighted by atomic mass is 10.1. The van der Waals surface area contributed by atoms with Crippen molar-refractivity contribution in [3.8, 4) is 5.75 Å². The maximum atomic E-state index is 12.3. The van der Waals surface area contributed by atoms with Gasteiger partial charge in [0, 0.05) is 5.56 Å². The van der Waals surface area contributed by atoms with Gasteiger partial charge in [0.05, 0.1) is 35.6 Å². The molecule has 0 atom stereocenters. The van der Waals surface area contributed by atoms with Crippen molar-refractivity contribution < 1.29 is 19.1 Å². The van der Waals surface area contributed by atoms with Crippen LogP contribution < -0.4 is 15.8 Å². The first-order chi connectivity index (χ1) is 11.0. The van der Waals surface area contributed by atoms with Gasteiger partial charge in [-0.2, -0.15) is 0 Å². The zero-order valence-electron chi connectivity index (χ0n) is 12.6. The predicted octanol–water partition coefficient (Wildman–Crippen LogP) is 3.08. The Hall–Kier alpha value is -2.54. The number of halogens is 1. The molecule has 23 heavy (non-hydrogen) atoms. The number of carbonyl (C=O) groups excluding carboxylic acids is 2. The van der Waals surface area contributed by atoms with E-state index in [-0.39, 0.29) is 17.2 Å². The van der Waals surface area contributed by atoms with Crippen molar-refractivity contribution >= 4 is 39.2 Å². The number of carbonyl (C=O) groups is 2. The molecule has 2 rings (SSSR count). The molecular weight excluding hydrogens is 364 g/mol. The molecule has 7 heteroatoms. The monoisotopic (exact) mass is 378 g/mol. The number of esters is 1. The number of nitrogen functional groups attached to an aromatic ring is 1. The number of benzene rings is 2. The maximum absolute atomic E-state index is 12.3. The molecule has 0 aliphatic heterocycles. The SMILES string of the molecule is COC(=O)c1cccc(NC(=O)c2ccc(OC)c(Br)c2)c1N. The fourth-order valence-corrected chi connectivity index (χ4v) is 2.50. The lowest BCUT2D eigenvalue weighted by Gasteiger charge is -2.12. The summed E-state index contributed by atoms with van der Waals surface area (Å²) in [6.45, 7) is 0. The Bertz CT molecular complexity index is 762. The maximum Gasteiger partial charge on any atom is 0.340 e. The Morgan fingerprint density at radius 3 is 2.52 bits per heavy atom. The number of hydrogen-bond donors (Lipinski definition) is 2. The largest absolute Gasteiger partial charge is 0.496 e. The minimum absolute atomic E-state index is 0.153. The summed E-state index contributed by atoms with van der Waals surface area (Å²) < 4.78 is 10.4. The van der Waals surface area contributed by atoms with Crippen LogP contribution in [-0.2, 0) is 4.74 Å². The molecule has 0 radical (unpaired) electrons. The van der Waals surface area contributed by atoms with Crippen molar-refractivity contribution in [3.05, 3.63) is 52.0 Å². The summed E-state index contributed by atoms with van der Waals surface area (Å²) >= 11 is 3.32. The summed E-state index contributed by atoms with van der Waals surface area (Å²) in [5.74, 6) is -0.304. The number of ether oxygens (including phenoxy) is 2. The van der Waals surface area contributed by atoms with E-state index in [0.717, 1.165) is 0 Å². The number of amides is 1. The summed E-state index contributed by atoms with van der Waals surface area (Å²) in [4.78, 5) is 23.9. The Kier molecular flexibility index (Phi) is 5.23. The number of para-hydroxylation sites is 1. The van der Waals surface area contributed by atoms with Crippen LogP contribution in [0.1, 0.15) is 20.7 Å². The van der Waals surface area contributed by atoms with Crippen molar-refractivity contribution in [2.24, 2.45) is 0 Å². The summed E-state index contributed by atoms with van der Waals surface area (Å²) in [6, 6.07) is 9.68. The molecule has 0 fully saturated rings. The van der Waals surface area contributed by atoms with E-state index in [1.54, 1.807) is 37.4 Å². The molecule has 0 spiro atoms. The second kappa shape index (κ2) is 7.15. The van der Waals surface area contributed by atoms with Crippen molar-refractivity contribution in [1.29, 1.82) is 0 Å². The highest BCUT2D eigenvalue weighted by Crippen LogP contribution is 2.27. The van der Waals surface area contributed by atoms with Gasteiger partial charge in [0.1, 0.15) is 5.75 Å². The number of hydrogen-bond acceptors (Lipinski definition) is 5. The van der Waals surface area contributed by atoms with Crippen LogP contribution in [0.3, 0.4) is 0 Å². The van der Waals surface area contributed by atoms with E-state index in [1.807, 2.05) is 0 Å². The van der Waals surface area contributed by atoms with Crippen LogP contribution in [0, 0.1) is 0 Å². The average Bonchev–Trinajstić information content (AvgIpc) is 2.55. The van der Waals surface area contributed by atoms with Gasteiger partial charge in [-0.05, 0) is 46.3 Å². The van der Waals surface area contributed by atoms with Crippen LogP contribution >= 0.6 is 15.9 Å². The smallest absolute Gasteiger partial charge is 0.340 e.